The fraction of sp³-hybridized carbons (Fsp3) is 0.0769. The molecule has 1 aromatic carbocycles. The minimum absolute atomic E-state index is 0.0149. The van der Waals surface area contributed by atoms with Gasteiger partial charge >= 0.3 is 0 Å². The molecule has 0 atom stereocenters. The van der Waals surface area contributed by atoms with Crippen molar-refractivity contribution in [1.82, 2.24) is 9.29 Å². The Hall–Kier alpha value is -1.73. The highest BCUT2D eigenvalue weighted by atomic mass is 79.9. The van der Waals surface area contributed by atoms with Crippen molar-refractivity contribution >= 4 is 31.9 Å². The van der Waals surface area contributed by atoms with Gasteiger partial charge in [0.1, 0.15) is 0 Å². The van der Waals surface area contributed by atoms with Crippen LogP contribution >= 0.6 is 15.9 Å². The Morgan fingerprint density at radius 2 is 1.90 bits per heavy atom. The minimum atomic E-state index is -3.86. The number of carbonyl (C=O) groups excluding carboxylic acids is 1. The van der Waals surface area contributed by atoms with E-state index in [1.165, 1.54) is 12.3 Å². The highest BCUT2D eigenvalue weighted by molar-refractivity contribution is 9.10. The third-order valence-corrected chi connectivity index (χ3v) is 5.50. The number of benzene rings is 1. The third kappa shape index (κ3) is 1.94. The van der Waals surface area contributed by atoms with Crippen molar-refractivity contribution in [3.8, 4) is 0 Å². The second kappa shape index (κ2) is 4.68. The van der Waals surface area contributed by atoms with E-state index in [9.17, 15) is 13.2 Å². The second-order valence-electron chi connectivity index (χ2n) is 4.26. The molecule has 0 saturated carbocycles. The van der Waals surface area contributed by atoms with Crippen LogP contribution in [-0.4, -0.2) is 23.6 Å². The Labute approximate surface area is 124 Å². The van der Waals surface area contributed by atoms with Gasteiger partial charge in [-0.2, -0.15) is 8.42 Å². The van der Waals surface area contributed by atoms with Gasteiger partial charge in [0.05, 0.1) is 12.1 Å². The minimum Gasteiger partial charge on any atom is -0.268 e. The molecule has 0 aliphatic carbocycles. The fourth-order valence-electron chi connectivity index (χ4n) is 2.05. The SMILES string of the molecule is O=C1c2cccnc2S(=O)(=O)N1Cc1ccccc1Br. The molecule has 0 radical (unpaired) electrons. The van der Waals surface area contributed by atoms with Crippen molar-refractivity contribution in [2.75, 3.05) is 0 Å². The first-order chi connectivity index (χ1) is 9.51. The number of hydrogen-bond donors (Lipinski definition) is 0. The summed E-state index contributed by atoms with van der Waals surface area (Å²) in [5, 5.41) is -0.169. The lowest BCUT2D eigenvalue weighted by Gasteiger charge is -2.15. The molecular formula is C13H9BrN2O3S. The van der Waals surface area contributed by atoms with Crippen molar-refractivity contribution < 1.29 is 13.2 Å². The van der Waals surface area contributed by atoms with E-state index in [0.717, 1.165) is 14.3 Å². The molecule has 0 N–H and O–H groups in total. The van der Waals surface area contributed by atoms with Gasteiger partial charge in [-0.3, -0.25) is 4.79 Å². The highest BCUT2D eigenvalue weighted by Crippen LogP contribution is 2.30. The zero-order valence-electron chi connectivity index (χ0n) is 10.2. The highest BCUT2D eigenvalue weighted by Gasteiger charge is 2.42. The maximum absolute atomic E-state index is 12.3. The number of sulfonamides is 1. The van der Waals surface area contributed by atoms with E-state index >= 15 is 0 Å². The van der Waals surface area contributed by atoms with Gasteiger partial charge < -0.3 is 0 Å². The van der Waals surface area contributed by atoms with Crippen LogP contribution in [0.3, 0.4) is 0 Å². The fourth-order valence-corrected chi connectivity index (χ4v) is 3.92. The number of aromatic nitrogens is 1. The summed E-state index contributed by atoms with van der Waals surface area (Å²) in [6.07, 6.45) is 1.37. The molecule has 0 unspecified atom stereocenters. The van der Waals surface area contributed by atoms with Crippen molar-refractivity contribution in [1.29, 1.82) is 0 Å². The van der Waals surface area contributed by atoms with E-state index in [0.29, 0.717) is 0 Å². The maximum Gasteiger partial charge on any atom is 0.285 e. The topological polar surface area (TPSA) is 67.3 Å². The van der Waals surface area contributed by atoms with Crippen LogP contribution in [-0.2, 0) is 16.6 Å². The molecule has 1 amide bonds. The van der Waals surface area contributed by atoms with Crippen molar-refractivity contribution in [3.05, 3.63) is 58.2 Å². The largest absolute Gasteiger partial charge is 0.285 e. The van der Waals surface area contributed by atoms with Crippen LogP contribution < -0.4 is 0 Å². The number of hydrogen-bond acceptors (Lipinski definition) is 4. The molecule has 0 fully saturated rings. The van der Waals surface area contributed by atoms with Crippen LogP contribution in [0.5, 0.6) is 0 Å². The Morgan fingerprint density at radius 1 is 1.15 bits per heavy atom. The van der Waals surface area contributed by atoms with Crippen LogP contribution in [0.25, 0.3) is 0 Å². The van der Waals surface area contributed by atoms with Gasteiger partial charge in [-0.1, -0.05) is 34.1 Å². The van der Waals surface area contributed by atoms with Crippen molar-refractivity contribution in [2.24, 2.45) is 0 Å². The van der Waals surface area contributed by atoms with Crippen molar-refractivity contribution in [2.45, 2.75) is 11.6 Å². The quantitative estimate of drug-likeness (QED) is 0.830. The predicted molar refractivity (Wildman–Crippen MR) is 75.4 cm³/mol. The van der Waals surface area contributed by atoms with Crippen LogP contribution in [0.2, 0.25) is 0 Å². The summed E-state index contributed by atoms with van der Waals surface area (Å²) in [6.45, 7) is -0.0149. The summed E-state index contributed by atoms with van der Waals surface area (Å²) in [7, 11) is -3.86. The molecule has 1 aromatic heterocycles. The van der Waals surface area contributed by atoms with E-state index in [1.54, 1.807) is 24.3 Å². The molecule has 1 aliphatic rings. The third-order valence-electron chi connectivity index (χ3n) is 3.03. The average Bonchev–Trinajstić information content (AvgIpc) is 2.63. The zero-order chi connectivity index (χ0) is 14.3. The monoisotopic (exact) mass is 352 g/mol. The lowest BCUT2D eigenvalue weighted by Crippen LogP contribution is -2.29. The summed E-state index contributed by atoms with van der Waals surface area (Å²) >= 11 is 3.35. The Kier molecular flexibility index (Phi) is 3.10. The van der Waals surface area contributed by atoms with Gasteiger partial charge in [0, 0.05) is 10.7 Å². The van der Waals surface area contributed by atoms with Crippen LogP contribution in [0.15, 0.2) is 52.1 Å². The Balaban J connectivity index is 2.05. The van der Waals surface area contributed by atoms with Crippen LogP contribution in [0, 0.1) is 0 Å². The number of fused-ring (bicyclic) bond motifs is 1. The lowest BCUT2D eigenvalue weighted by molar-refractivity contribution is 0.0864. The second-order valence-corrected chi connectivity index (χ2v) is 6.90. The maximum atomic E-state index is 12.3. The van der Waals surface area contributed by atoms with Gasteiger partial charge in [0.15, 0.2) is 5.03 Å². The molecule has 0 saturated heterocycles. The van der Waals surface area contributed by atoms with Gasteiger partial charge in [-0.15, -0.1) is 0 Å². The number of amides is 1. The average molecular weight is 353 g/mol. The number of pyridine rings is 1. The summed E-state index contributed by atoms with van der Waals surface area (Å²) in [5.74, 6) is -0.538. The Bertz CT molecular complexity index is 805. The van der Waals surface area contributed by atoms with E-state index in [2.05, 4.69) is 20.9 Å². The van der Waals surface area contributed by atoms with E-state index < -0.39 is 15.9 Å². The molecule has 20 heavy (non-hydrogen) atoms. The molecule has 2 heterocycles. The predicted octanol–water partition coefficient (Wildman–Crippen LogP) is 2.19. The molecule has 7 heteroatoms. The molecule has 102 valence electrons. The zero-order valence-corrected chi connectivity index (χ0v) is 12.6. The van der Waals surface area contributed by atoms with Gasteiger partial charge in [-0.05, 0) is 23.8 Å². The first-order valence-electron chi connectivity index (χ1n) is 5.77. The molecule has 0 bridgehead atoms. The van der Waals surface area contributed by atoms with Crippen molar-refractivity contribution in [3.63, 3.8) is 0 Å². The lowest BCUT2D eigenvalue weighted by atomic mass is 10.2. The van der Waals surface area contributed by atoms with Crippen LogP contribution in [0.4, 0.5) is 0 Å². The smallest absolute Gasteiger partial charge is 0.268 e. The van der Waals surface area contributed by atoms with Gasteiger partial charge in [0.25, 0.3) is 15.9 Å². The Morgan fingerprint density at radius 3 is 2.60 bits per heavy atom. The number of halogens is 1. The summed E-state index contributed by atoms with van der Waals surface area (Å²) in [4.78, 5) is 16.0. The molecule has 2 aromatic rings. The molecule has 1 aliphatic heterocycles. The van der Waals surface area contributed by atoms with E-state index in [4.69, 9.17) is 0 Å². The normalized spacial score (nSPS) is 16.2. The summed E-state index contributed by atoms with van der Waals surface area (Å²) < 4.78 is 26.3. The van der Waals surface area contributed by atoms with Crippen LogP contribution in [0.1, 0.15) is 15.9 Å². The summed E-state index contributed by atoms with van der Waals surface area (Å²) in [6, 6.07) is 10.2. The molecule has 0 spiro atoms. The first kappa shape index (κ1) is 13.3. The molecular weight excluding hydrogens is 344 g/mol. The standard InChI is InChI=1S/C13H9BrN2O3S/c14-11-6-2-1-4-9(11)8-16-13(17)10-5-3-7-15-12(10)20(16,18)19/h1-7H,8H2. The number of carbonyl (C=O) groups is 1. The van der Waals surface area contributed by atoms with E-state index in [1.807, 2.05) is 6.07 Å². The summed E-state index contributed by atoms with van der Waals surface area (Å²) in [5.41, 5.74) is 0.844. The molecule has 5 nitrogen and oxygen atoms in total. The van der Waals surface area contributed by atoms with Gasteiger partial charge in [-0.25, -0.2) is 9.29 Å². The molecule has 3 rings (SSSR count). The van der Waals surface area contributed by atoms with Gasteiger partial charge in [0.2, 0.25) is 0 Å². The first-order valence-corrected chi connectivity index (χ1v) is 8.00. The van der Waals surface area contributed by atoms with E-state index in [-0.39, 0.29) is 17.1 Å². The number of rotatable bonds is 2. The number of nitrogens with zero attached hydrogens (tertiary/aromatic N) is 2.